The van der Waals surface area contributed by atoms with Crippen LogP contribution in [0.3, 0.4) is 0 Å². The monoisotopic (exact) mass is 217 g/mol. The molecule has 4 atom stereocenters. The summed E-state index contributed by atoms with van der Waals surface area (Å²) < 4.78 is 6.01. The lowest BCUT2D eigenvalue weighted by atomic mass is 9.71. The fourth-order valence-electron chi connectivity index (χ4n) is 3.87. The molecule has 3 nitrogen and oxygen atoms in total. The quantitative estimate of drug-likeness (QED) is 0.631. The lowest BCUT2D eigenvalue weighted by Gasteiger charge is -2.38. The Morgan fingerprint density at radius 2 is 2.44 bits per heavy atom. The topological polar surface area (TPSA) is 50.1 Å². The molecule has 4 rings (SSSR count). The van der Waals surface area contributed by atoms with E-state index in [0.29, 0.717) is 5.92 Å². The number of carbonyl (C=O) groups is 1. The highest BCUT2D eigenvalue weighted by atomic mass is 16.5. The van der Waals surface area contributed by atoms with Crippen molar-refractivity contribution in [3.05, 3.63) is 11.6 Å². The van der Waals surface area contributed by atoms with Gasteiger partial charge in [0.05, 0.1) is 23.2 Å². The number of hydrogen-bond donors (Lipinski definition) is 0. The van der Waals surface area contributed by atoms with Crippen LogP contribution in [0.1, 0.15) is 33.1 Å². The summed E-state index contributed by atoms with van der Waals surface area (Å²) in [5.41, 5.74) is 0.412. The van der Waals surface area contributed by atoms with E-state index in [1.165, 1.54) is 6.92 Å². The maximum absolute atomic E-state index is 11.2. The Hall–Kier alpha value is -1.14. The highest BCUT2D eigenvalue weighted by Gasteiger charge is 2.66. The Morgan fingerprint density at radius 3 is 3.00 bits per heavy atom. The van der Waals surface area contributed by atoms with Gasteiger partial charge in [-0.2, -0.15) is 5.26 Å². The second-order valence-electron chi connectivity index (χ2n) is 5.64. The van der Waals surface area contributed by atoms with Crippen LogP contribution < -0.4 is 0 Å². The first-order chi connectivity index (χ1) is 7.49. The molecule has 0 aromatic carbocycles. The number of nitrogens with zero attached hydrogens (tertiary/aromatic N) is 1. The van der Waals surface area contributed by atoms with Gasteiger partial charge in [0.15, 0.2) is 5.78 Å². The average molecular weight is 217 g/mol. The molecule has 2 saturated carbocycles. The van der Waals surface area contributed by atoms with Crippen LogP contribution in [0.15, 0.2) is 11.6 Å². The molecular weight excluding hydrogens is 202 g/mol. The number of rotatable bonds is 1. The molecule has 84 valence electrons. The van der Waals surface area contributed by atoms with Crippen molar-refractivity contribution in [1.29, 1.82) is 5.26 Å². The van der Waals surface area contributed by atoms with Gasteiger partial charge in [0.2, 0.25) is 0 Å². The molecule has 0 spiro atoms. The number of allylic oxidation sites excluding steroid dienone is 1. The number of carbonyl (C=O) groups excluding carboxylic acids is 1. The van der Waals surface area contributed by atoms with Crippen molar-refractivity contribution in [3.8, 4) is 6.07 Å². The predicted octanol–water partition coefficient (Wildman–Crippen LogP) is 1.98. The summed E-state index contributed by atoms with van der Waals surface area (Å²) in [7, 11) is 0. The highest BCUT2D eigenvalue weighted by molar-refractivity contribution is 5.88. The second kappa shape index (κ2) is 2.75. The van der Waals surface area contributed by atoms with E-state index in [1.54, 1.807) is 6.08 Å². The first-order valence-electron chi connectivity index (χ1n) is 5.81. The van der Waals surface area contributed by atoms with Crippen LogP contribution in [-0.2, 0) is 9.53 Å². The van der Waals surface area contributed by atoms with Gasteiger partial charge in [-0.3, -0.25) is 4.79 Å². The third-order valence-corrected chi connectivity index (χ3v) is 4.49. The van der Waals surface area contributed by atoms with Crippen LogP contribution in [0.4, 0.5) is 0 Å². The summed E-state index contributed by atoms with van der Waals surface area (Å²) in [5, 5.41) is 9.45. The Labute approximate surface area is 95.1 Å². The van der Waals surface area contributed by atoms with E-state index in [0.717, 1.165) is 24.8 Å². The zero-order valence-corrected chi connectivity index (χ0v) is 9.62. The molecular formula is C13H15NO2. The molecule has 0 aromatic heterocycles. The lowest BCUT2D eigenvalue weighted by Crippen LogP contribution is -2.38. The molecule has 0 radical (unpaired) electrons. The largest absolute Gasteiger partial charge is 0.367 e. The van der Waals surface area contributed by atoms with E-state index >= 15 is 0 Å². The molecule has 4 fully saturated rings. The smallest absolute Gasteiger partial charge is 0.152 e. The third-order valence-electron chi connectivity index (χ3n) is 4.49. The standard InChI is InChI=1S/C13H15NO2/c1-8(15)3-10-11-4-9-5-13(10,7-14)6-12(9,2)16-11/h3,9,11H,4-6H2,1-2H3/b10-3+/t9-,11+,12+,13+/m1/s1. The second-order valence-corrected chi connectivity index (χ2v) is 5.64. The van der Waals surface area contributed by atoms with Gasteiger partial charge >= 0.3 is 0 Å². The van der Waals surface area contributed by atoms with Crippen molar-refractivity contribution in [3.63, 3.8) is 0 Å². The minimum Gasteiger partial charge on any atom is -0.367 e. The van der Waals surface area contributed by atoms with Gasteiger partial charge in [-0.15, -0.1) is 0 Å². The molecule has 4 aliphatic rings. The molecule has 2 aliphatic carbocycles. The van der Waals surface area contributed by atoms with Gasteiger partial charge in [-0.05, 0) is 50.7 Å². The molecule has 0 amide bonds. The van der Waals surface area contributed by atoms with Crippen molar-refractivity contribution >= 4 is 5.78 Å². The number of ether oxygens (including phenoxy) is 1. The van der Waals surface area contributed by atoms with E-state index in [-0.39, 0.29) is 17.5 Å². The summed E-state index contributed by atoms with van der Waals surface area (Å²) in [5.74, 6) is 0.522. The predicted molar refractivity (Wildman–Crippen MR) is 57.4 cm³/mol. The minimum absolute atomic E-state index is 0.0149. The van der Waals surface area contributed by atoms with Gasteiger partial charge in [0.1, 0.15) is 0 Å². The summed E-state index contributed by atoms with van der Waals surface area (Å²) in [6.07, 6.45) is 4.27. The molecule has 16 heavy (non-hydrogen) atoms. The first-order valence-corrected chi connectivity index (χ1v) is 5.81. The molecule has 2 heterocycles. The minimum atomic E-state index is -0.410. The Morgan fingerprint density at radius 1 is 1.69 bits per heavy atom. The van der Waals surface area contributed by atoms with Gasteiger partial charge < -0.3 is 4.74 Å². The van der Waals surface area contributed by atoms with E-state index in [2.05, 4.69) is 13.0 Å². The van der Waals surface area contributed by atoms with Gasteiger partial charge in [0, 0.05) is 0 Å². The normalized spacial score (nSPS) is 50.9. The molecule has 0 N–H and O–H groups in total. The van der Waals surface area contributed by atoms with E-state index in [9.17, 15) is 10.1 Å². The molecule has 2 aliphatic heterocycles. The zero-order chi connectivity index (χ0) is 11.6. The summed E-state index contributed by atoms with van der Waals surface area (Å²) >= 11 is 0. The van der Waals surface area contributed by atoms with E-state index in [1.807, 2.05) is 0 Å². The third kappa shape index (κ3) is 1.03. The summed E-state index contributed by atoms with van der Waals surface area (Å²) in [4.78, 5) is 11.2. The number of ketones is 1. The van der Waals surface area contributed by atoms with E-state index < -0.39 is 5.41 Å². The maximum Gasteiger partial charge on any atom is 0.152 e. The van der Waals surface area contributed by atoms with Gasteiger partial charge in [-0.25, -0.2) is 0 Å². The fourth-order valence-corrected chi connectivity index (χ4v) is 3.87. The lowest BCUT2D eigenvalue weighted by molar-refractivity contribution is -0.113. The van der Waals surface area contributed by atoms with Gasteiger partial charge in [-0.1, -0.05) is 0 Å². The van der Waals surface area contributed by atoms with Crippen LogP contribution in [0.25, 0.3) is 0 Å². The van der Waals surface area contributed by atoms with Gasteiger partial charge in [0.25, 0.3) is 0 Å². The van der Waals surface area contributed by atoms with Crippen LogP contribution in [0.2, 0.25) is 0 Å². The SMILES string of the molecule is CC(=O)/C=C1\[C@@H]2C[C@@H]3C[C@@]1(C#N)C[C@]3(C)O2. The van der Waals surface area contributed by atoms with Crippen LogP contribution in [0, 0.1) is 22.7 Å². The van der Waals surface area contributed by atoms with Crippen LogP contribution in [0.5, 0.6) is 0 Å². The summed E-state index contributed by atoms with van der Waals surface area (Å²) in [6, 6.07) is 2.45. The first kappa shape index (κ1) is 10.0. The molecule has 2 saturated heterocycles. The Bertz CT molecular complexity index is 447. The molecule has 3 heteroatoms. The van der Waals surface area contributed by atoms with Crippen molar-refractivity contribution in [1.82, 2.24) is 0 Å². The maximum atomic E-state index is 11.2. The van der Waals surface area contributed by atoms with Crippen molar-refractivity contribution in [2.45, 2.75) is 44.8 Å². The van der Waals surface area contributed by atoms with Crippen molar-refractivity contribution < 1.29 is 9.53 Å². The summed E-state index contributed by atoms with van der Waals surface area (Å²) in [6.45, 7) is 3.65. The van der Waals surface area contributed by atoms with Crippen molar-refractivity contribution in [2.75, 3.05) is 0 Å². The van der Waals surface area contributed by atoms with E-state index in [4.69, 9.17) is 4.74 Å². The number of nitriles is 1. The number of hydrogen-bond acceptors (Lipinski definition) is 3. The Kier molecular flexibility index (Phi) is 1.73. The molecule has 0 aromatic rings. The highest BCUT2D eigenvalue weighted by Crippen LogP contribution is 2.65. The van der Waals surface area contributed by atoms with Crippen LogP contribution >= 0.6 is 0 Å². The van der Waals surface area contributed by atoms with Crippen LogP contribution in [-0.4, -0.2) is 17.5 Å². The average Bonchev–Trinajstić information content (AvgIpc) is 2.57. The molecule has 0 unspecified atom stereocenters. The zero-order valence-electron chi connectivity index (χ0n) is 9.62. The Balaban J connectivity index is 2.10. The van der Waals surface area contributed by atoms with Crippen molar-refractivity contribution in [2.24, 2.45) is 11.3 Å². The molecule has 4 bridgehead atoms. The fraction of sp³-hybridized carbons (Fsp3) is 0.692.